The number of methoxy groups -OCH3 is 1. The lowest BCUT2D eigenvalue weighted by Gasteiger charge is -2.18. The number of halogens is 1. The lowest BCUT2D eigenvalue weighted by Crippen LogP contribution is -2.18. The smallest absolute Gasteiger partial charge is 0.122 e. The molecule has 2 rings (SSSR count). The average Bonchev–Trinajstić information content (AvgIpc) is 2.52. The highest BCUT2D eigenvalue weighted by Gasteiger charge is 2.12. The average molecular weight is 304 g/mol. The van der Waals surface area contributed by atoms with Gasteiger partial charge in [-0.05, 0) is 55.1 Å². The number of hydrogen-bond donors (Lipinski definition) is 1. The molecule has 3 heteroatoms. The van der Waals surface area contributed by atoms with Crippen LogP contribution in [0.3, 0.4) is 0 Å². The molecule has 0 fully saturated rings. The molecule has 112 valence electrons. The van der Waals surface area contributed by atoms with Gasteiger partial charge in [-0.3, -0.25) is 0 Å². The van der Waals surface area contributed by atoms with Gasteiger partial charge in [-0.2, -0.15) is 0 Å². The summed E-state index contributed by atoms with van der Waals surface area (Å²) in [5.41, 5.74) is 2.54. The minimum Gasteiger partial charge on any atom is -0.496 e. The quantitative estimate of drug-likeness (QED) is 0.824. The van der Waals surface area contributed by atoms with E-state index in [0.29, 0.717) is 5.92 Å². The SMILES string of the molecule is CNCC(CCc1cc(Cl)ccc1OC)c1ccccc1. The molecular weight excluding hydrogens is 282 g/mol. The van der Waals surface area contributed by atoms with E-state index in [0.717, 1.165) is 30.2 Å². The molecule has 0 heterocycles. The van der Waals surface area contributed by atoms with E-state index >= 15 is 0 Å². The lowest BCUT2D eigenvalue weighted by atomic mass is 9.92. The van der Waals surface area contributed by atoms with Crippen LogP contribution in [0.2, 0.25) is 5.02 Å². The monoisotopic (exact) mass is 303 g/mol. The zero-order valence-corrected chi connectivity index (χ0v) is 13.4. The van der Waals surface area contributed by atoms with E-state index in [2.05, 4.69) is 35.6 Å². The van der Waals surface area contributed by atoms with Gasteiger partial charge in [0.05, 0.1) is 7.11 Å². The molecule has 0 spiro atoms. The lowest BCUT2D eigenvalue weighted by molar-refractivity contribution is 0.408. The van der Waals surface area contributed by atoms with Gasteiger partial charge in [-0.1, -0.05) is 41.9 Å². The Labute approximate surface area is 132 Å². The summed E-state index contributed by atoms with van der Waals surface area (Å²) in [6, 6.07) is 16.4. The Kier molecular flexibility index (Phi) is 6.09. The molecule has 1 N–H and O–H groups in total. The second-order valence-electron chi connectivity index (χ2n) is 5.16. The van der Waals surface area contributed by atoms with Crippen molar-refractivity contribution in [3.05, 3.63) is 64.7 Å². The third-order valence-corrected chi connectivity index (χ3v) is 3.96. The number of nitrogens with one attached hydrogen (secondary N) is 1. The fourth-order valence-electron chi connectivity index (χ4n) is 2.63. The number of ether oxygens (including phenoxy) is 1. The summed E-state index contributed by atoms with van der Waals surface area (Å²) in [5.74, 6) is 1.40. The number of rotatable bonds is 7. The Balaban J connectivity index is 2.10. The van der Waals surface area contributed by atoms with Gasteiger partial charge in [0, 0.05) is 11.6 Å². The maximum Gasteiger partial charge on any atom is 0.122 e. The molecule has 0 saturated carbocycles. The third kappa shape index (κ3) is 4.48. The molecular formula is C18H22ClNO. The van der Waals surface area contributed by atoms with Crippen molar-refractivity contribution in [1.29, 1.82) is 0 Å². The molecule has 0 aromatic heterocycles. The second kappa shape index (κ2) is 8.06. The van der Waals surface area contributed by atoms with Crippen molar-refractivity contribution in [2.75, 3.05) is 20.7 Å². The van der Waals surface area contributed by atoms with E-state index < -0.39 is 0 Å². The molecule has 2 aromatic rings. The summed E-state index contributed by atoms with van der Waals surface area (Å²) in [4.78, 5) is 0. The summed E-state index contributed by atoms with van der Waals surface area (Å²) >= 11 is 6.10. The predicted molar refractivity (Wildman–Crippen MR) is 89.4 cm³/mol. The number of likely N-dealkylation sites (N-methyl/N-ethyl adjacent to an activating group) is 1. The van der Waals surface area contributed by atoms with E-state index in [4.69, 9.17) is 16.3 Å². The van der Waals surface area contributed by atoms with Gasteiger partial charge in [-0.15, -0.1) is 0 Å². The first-order valence-electron chi connectivity index (χ1n) is 7.26. The van der Waals surface area contributed by atoms with Crippen LogP contribution in [0.25, 0.3) is 0 Å². The molecule has 0 aliphatic heterocycles. The molecule has 2 aromatic carbocycles. The first-order valence-corrected chi connectivity index (χ1v) is 7.64. The Morgan fingerprint density at radius 3 is 2.57 bits per heavy atom. The highest BCUT2D eigenvalue weighted by Crippen LogP contribution is 2.27. The van der Waals surface area contributed by atoms with Crippen molar-refractivity contribution in [1.82, 2.24) is 5.32 Å². The minimum atomic E-state index is 0.486. The van der Waals surface area contributed by atoms with Gasteiger partial charge < -0.3 is 10.1 Å². The maximum absolute atomic E-state index is 6.10. The van der Waals surface area contributed by atoms with Gasteiger partial charge in [0.25, 0.3) is 0 Å². The van der Waals surface area contributed by atoms with Crippen LogP contribution in [-0.2, 0) is 6.42 Å². The van der Waals surface area contributed by atoms with Crippen LogP contribution < -0.4 is 10.1 Å². The Hall–Kier alpha value is -1.51. The van der Waals surface area contributed by atoms with Gasteiger partial charge in [-0.25, -0.2) is 0 Å². The normalized spacial score (nSPS) is 12.1. The van der Waals surface area contributed by atoms with E-state index in [1.165, 1.54) is 11.1 Å². The standard InChI is InChI=1S/C18H22ClNO/c1-20-13-16(14-6-4-3-5-7-14)9-8-15-12-17(19)10-11-18(15)21-2/h3-7,10-12,16,20H,8-9,13H2,1-2H3. The highest BCUT2D eigenvalue weighted by molar-refractivity contribution is 6.30. The van der Waals surface area contributed by atoms with Gasteiger partial charge in [0.2, 0.25) is 0 Å². The summed E-state index contributed by atoms with van der Waals surface area (Å²) in [6.07, 6.45) is 2.01. The molecule has 1 atom stereocenters. The number of aryl methyl sites for hydroxylation is 1. The summed E-state index contributed by atoms with van der Waals surface area (Å²) in [5, 5.41) is 4.05. The molecule has 2 nitrogen and oxygen atoms in total. The van der Waals surface area contributed by atoms with Crippen molar-refractivity contribution in [3.63, 3.8) is 0 Å². The molecule has 21 heavy (non-hydrogen) atoms. The Bertz CT molecular complexity index is 556. The van der Waals surface area contributed by atoms with E-state index in [1.807, 2.05) is 25.2 Å². The molecule has 0 aliphatic rings. The van der Waals surface area contributed by atoms with E-state index in [9.17, 15) is 0 Å². The molecule has 0 amide bonds. The molecule has 0 saturated heterocycles. The maximum atomic E-state index is 6.10. The highest BCUT2D eigenvalue weighted by atomic mass is 35.5. The van der Waals surface area contributed by atoms with Crippen molar-refractivity contribution in [2.24, 2.45) is 0 Å². The van der Waals surface area contributed by atoms with E-state index in [-0.39, 0.29) is 0 Å². The minimum absolute atomic E-state index is 0.486. The summed E-state index contributed by atoms with van der Waals surface area (Å²) in [7, 11) is 3.70. The molecule has 0 aliphatic carbocycles. The molecule has 0 bridgehead atoms. The fourth-order valence-corrected chi connectivity index (χ4v) is 2.83. The topological polar surface area (TPSA) is 21.3 Å². The Morgan fingerprint density at radius 1 is 1.14 bits per heavy atom. The zero-order valence-electron chi connectivity index (χ0n) is 12.6. The van der Waals surface area contributed by atoms with Gasteiger partial charge >= 0.3 is 0 Å². The zero-order chi connectivity index (χ0) is 15.1. The van der Waals surface area contributed by atoms with Crippen LogP contribution in [0.5, 0.6) is 5.75 Å². The van der Waals surface area contributed by atoms with Crippen molar-refractivity contribution in [2.45, 2.75) is 18.8 Å². The fraction of sp³-hybridized carbons (Fsp3) is 0.333. The first-order chi connectivity index (χ1) is 10.2. The van der Waals surface area contributed by atoms with Gasteiger partial charge in [0.1, 0.15) is 5.75 Å². The number of hydrogen-bond acceptors (Lipinski definition) is 2. The van der Waals surface area contributed by atoms with Crippen LogP contribution in [0, 0.1) is 0 Å². The van der Waals surface area contributed by atoms with Crippen LogP contribution >= 0.6 is 11.6 Å². The van der Waals surface area contributed by atoms with Crippen LogP contribution in [-0.4, -0.2) is 20.7 Å². The van der Waals surface area contributed by atoms with Crippen molar-refractivity contribution >= 4 is 11.6 Å². The Morgan fingerprint density at radius 2 is 1.90 bits per heavy atom. The predicted octanol–water partition coefficient (Wildman–Crippen LogP) is 4.28. The van der Waals surface area contributed by atoms with Crippen molar-refractivity contribution in [3.8, 4) is 5.75 Å². The van der Waals surface area contributed by atoms with Gasteiger partial charge in [0.15, 0.2) is 0 Å². The largest absolute Gasteiger partial charge is 0.496 e. The summed E-state index contributed by atoms with van der Waals surface area (Å²) in [6.45, 7) is 0.965. The number of benzene rings is 2. The first kappa shape index (κ1) is 15.9. The van der Waals surface area contributed by atoms with Crippen LogP contribution in [0.15, 0.2) is 48.5 Å². The van der Waals surface area contributed by atoms with Crippen molar-refractivity contribution < 1.29 is 4.74 Å². The van der Waals surface area contributed by atoms with Crippen LogP contribution in [0.4, 0.5) is 0 Å². The second-order valence-corrected chi connectivity index (χ2v) is 5.60. The third-order valence-electron chi connectivity index (χ3n) is 3.73. The molecule has 0 radical (unpaired) electrons. The molecule has 1 unspecified atom stereocenters. The van der Waals surface area contributed by atoms with E-state index in [1.54, 1.807) is 7.11 Å². The summed E-state index contributed by atoms with van der Waals surface area (Å²) < 4.78 is 5.42. The van der Waals surface area contributed by atoms with Crippen LogP contribution in [0.1, 0.15) is 23.5 Å².